The van der Waals surface area contributed by atoms with E-state index in [1.54, 1.807) is 12.1 Å². The summed E-state index contributed by atoms with van der Waals surface area (Å²) in [5.74, 6) is -0.848. The van der Waals surface area contributed by atoms with Gasteiger partial charge in [-0.1, -0.05) is 35.2 Å². The normalized spacial score (nSPS) is 11.0. The van der Waals surface area contributed by atoms with Crippen LogP contribution in [0.25, 0.3) is 0 Å². The summed E-state index contributed by atoms with van der Waals surface area (Å²) < 4.78 is 30.1. The van der Waals surface area contributed by atoms with Crippen LogP contribution in [0.2, 0.25) is 0 Å². The van der Waals surface area contributed by atoms with Crippen LogP contribution < -0.4 is 10.0 Å². The van der Waals surface area contributed by atoms with Gasteiger partial charge in [-0.15, -0.1) is 10.2 Å². The summed E-state index contributed by atoms with van der Waals surface area (Å²) in [6, 6.07) is 6.18. The Labute approximate surface area is 152 Å². The van der Waals surface area contributed by atoms with Gasteiger partial charge in [-0.3, -0.25) is 19.6 Å². The first-order chi connectivity index (χ1) is 11.8. The zero-order chi connectivity index (χ0) is 18.4. The average molecular weight is 402 g/mol. The Morgan fingerprint density at radius 2 is 2.00 bits per heavy atom. The molecule has 25 heavy (non-hydrogen) atoms. The van der Waals surface area contributed by atoms with Crippen LogP contribution in [0.4, 0.5) is 10.8 Å². The number of rotatable bonds is 7. The Morgan fingerprint density at radius 3 is 2.68 bits per heavy atom. The lowest BCUT2D eigenvalue weighted by Gasteiger charge is -2.09. The Hall–Kier alpha value is -2.18. The van der Waals surface area contributed by atoms with Crippen LogP contribution >= 0.6 is 23.1 Å². The Bertz CT molecular complexity index is 881. The fraction of sp³-hybridized carbons (Fsp3) is 0.231. The maximum Gasteiger partial charge on any atom is 0.316 e. The predicted molar refractivity (Wildman–Crippen MR) is 95.5 cm³/mol. The van der Waals surface area contributed by atoms with E-state index in [9.17, 15) is 18.0 Å². The molecule has 2 aromatic rings. The molecule has 0 aliphatic rings. The molecule has 12 heteroatoms. The molecule has 0 spiro atoms. The molecular weight excluding hydrogens is 388 g/mol. The van der Waals surface area contributed by atoms with Gasteiger partial charge in [0.15, 0.2) is 4.34 Å². The van der Waals surface area contributed by atoms with Gasteiger partial charge in [-0.2, -0.15) is 0 Å². The Morgan fingerprint density at radius 1 is 1.28 bits per heavy atom. The highest BCUT2D eigenvalue weighted by atomic mass is 32.2. The van der Waals surface area contributed by atoms with Crippen molar-refractivity contribution in [1.82, 2.24) is 10.2 Å². The second-order valence-corrected chi connectivity index (χ2v) is 8.56. The monoisotopic (exact) mass is 402 g/mol. The van der Waals surface area contributed by atoms with Crippen LogP contribution in [0.1, 0.15) is 10.4 Å². The summed E-state index contributed by atoms with van der Waals surface area (Å²) in [6.45, 7) is 0. The predicted octanol–water partition coefficient (Wildman–Crippen LogP) is 1.43. The highest BCUT2D eigenvalue weighted by Crippen LogP contribution is 2.26. The number of amides is 1. The van der Waals surface area contributed by atoms with Crippen molar-refractivity contribution in [2.45, 2.75) is 4.34 Å². The van der Waals surface area contributed by atoms with Crippen molar-refractivity contribution in [1.29, 1.82) is 0 Å². The number of nitrogens with one attached hydrogen (secondary N) is 2. The fourth-order valence-electron chi connectivity index (χ4n) is 1.63. The van der Waals surface area contributed by atoms with Crippen LogP contribution in [0.3, 0.4) is 0 Å². The number of carbonyl (C=O) groups is 2. The van der Waals surface area contributed by atoms with E-state index in [1.165, 1.54) is 19.2 Å². The minimum absolute atomic E-state index is 0.0835. The number of ether oxygens (including phenoxy) is 1. The van der Waals surface area contributed by atoms with Gasteiger partial charge in [0.1, 0.15) is 0 Å². The second kappa shape index (κ2) is 8.27. The number of methoxy groups -OCH3 is 1. The molecule has 1 aromatic carbocycles. The van der Waals surface area contributed by atoms with Gasteiger partial charge in [0.25, 0.3) is 5.91 Å². The van der Waals surface area contributed by atoms with Crippen LogP contribution in [0.15, 0.2) is 28.6 Å². The van der Waals surface area contributed by atoms with Crippen LogP contribution in [-0.2, 0) is 19.6 Å². The molecule has 0 fully saturated rings. The minimum atomic E-state index is -3.52. The van der Waals surface area contributed by atoms with Gasteiger partial charge in [0.05, 0.1) is 30.4 Å². The summed E-state index contributed by atoms with van der Waals surface area (Å²) in [5.41, 5.74) is 0.305. The number of esters is 1. The number of benzene rings is 1. The van der Waals surface area contributed by atoms with E-state index in [-0.39, 0.29) is 22.1 Å². The number of nitrogens with zero attached hydrogens (tertiary/aromatic N) is 2. The highest BCUT2D eigenvalue weighted by molar-refractivity contribution is 8.01. The van der Waals surface area contributed by atoms with Crippen molar-refractivity contribution in [2.75, 3.05) is 29.2 Å². The lowest BCUT2D eigenvalue weighted by atomic mass is 10.2. The molecule has 9 nitrogen and oxygen atoms in total. The molecule has 0 aliphatic carbocycles. The van der Waals surface area contributed by atoms with E-state index >= 15 is 0 Å². The van der Waals surface area contributed by atoms with Crippen LogP contribution in [-0.4, -0.2) is 49.6 Å². The molecule has 0 saturated carbocycles. The van der Waals surface area contributed by atoms with Gasteiger partial charge in [-0.05, 0) is 12.1 Å². The third-order valence-electron chi connectivity index (χ3n) is 2.64. The molecule has 1 heterocycles. The minimum Gasteiger partial charge on any atom is -0.468 e. The largest absolute Gasteiger partial charge is 0.468 e. The number of carbonyl (C=O) groups excluding carboxylic acids is 2. The smallest absolute Gasteiger partial charge is 0.316 e. The quantitative estimate of drug-likeness (QED) is 0.404. The van der Waals surface area contributed by atoms with Crippen molar-refractivity contribution in [3.63, 3.8) is 0 Å². The van der Waals surface area contributed by atoms with Crippen LogP contribution in [0.5, 0.6) is 0 Å². The average Bonchev–Trinajstić information content (AvgIpc) is 2.99. The number of thioether (sulfide) groups is 1. The molecule has 0 bridgehead atoms. The number of hydrogen-bond acceptors (Lipinski definition) is 9. The third-order valence-corrected chi connectivity index (χ3v) is 5.17. The summed E-state index contributed by atoms with van der Waals surface area (Å²) in [5, 5.41) is 10.4. The lowest BCUT2D eigenvalue weighted by molar-refractivity contribution is -0.137. The summed E-state index contributed by atoms with van der Waals surface area (Å²) >= 11 is 2.22. The number of anilines is 2. The Kier molecular flexibility index (Phi) is 6.33. The second-order valence-electron chi connectivity index (χ2n) is 4.61. The first-order valence-electron chi connectivity index (χ1n) is 6.70. The standard InChI is InChI=1S/C13H14N4O5S3/c1-22-10(18)7-23-13-16-15-12(24-13)14-11(19)8-5-3-4-6-9(8)17-25(2,20)21/h3-6,17H,7H2,1-2H3,(H,14,15,19). The molecule has 0 saturated heterocycles. The highest BCUT2D eigenvalue weighted by Gasteiger charge is 2.16. The molecule has 2 rings (SSSR count). The maximum atomic E-state index is 12.4. The first-order valence-corrected chi connectivity index (χ1v) is 10.4. The van der Waals surface area contributed by atoms with Gasteiger partial charge in [-0.25, -0.2) is 8.42 Å². The lowest BCUT2D eigenvalue weighted by Crippen LogP contribution is -2.17. The number of para-hydroxylation sites is 1. The molecule has 0 aliphatic heterocycles. The van der Waals surface area contributed by atoms with Crippen molar-refractivity contribution in [2.24, 2.45) is 0 Å². The van der Waals surface area contributed by atoms with Crippen molar-refractivity contribution in [3.05, 3.63) is 29.8 Å². The topological polar surface area (TPSA) is 127 Å². The van der Waals surface area contributed by atoms with Crippen molar-refractivity contribution in [3.8, 4) is 0 Å². The van der Waals surface area contributed by atoms with Crippen LogP contribution in [0, 0.1) is 0 Å². The SMILES string of the molecule is COC(=O)CSc1nnc(NC(=O)c2ccccc2NS(C)(=O)=O)s1. The van der Waals surface area contributed by atoms with E-state index in [0.29, 0.717) is 4.34 Å². The third kappa shape index (κ3) is 5.99. The summed E-state index contributed by atoms with van der Waals surface area (Å²) in [4.78, 5) is 23.4. The molecular formula is C13H14N4O5S3. The van der Waals surface area contributed by atoms with Gasteiger partial charge < -0.3 is 4.74 Å². The fourth-order valence-corrected chi connectivity index (χ4v) is 3.79. The van der Waals surface area contributed by atoms with E-state index < -0.39 is 21.9 Å². The van der Waals surface area contributed by atoms with E-state index in [0.717, 1.165) is 29.4 Å². The van der Waals surface area contributed by atoms with Crippen molar-refractivity contribution < 1.29 is 22.7 Å². The zero-order valence-electron chi connectivity index (χ0n) is 13.2. The molecule has 0 unspecified atom stereocenters. The number of sulfonamides is 1. The molecule has 1 aromatic heterocycles. The first kappa shape index (κ1) is 19.1. The van der Waals surface area contributed by atoms with Gasteiger partial charge in [0.2, 0.25) is 15.2 Å². The van der Waals surface area contributed by atoms with E-state index in [2.05, 4.69) is 25.0 Å². The molecule has 134 valence electrons. The van der Waals surface area contributed by atoms with Gasteiger partial charge in [0, 0.05) is 0 Å². The zero-order valence-corrected chi connectivity index (χ0v) is 15.6. The molecule has 2 N–H and O–H groups in total. The molecule has 0 atom stereocenters. The summed E-state index contributed by atoms with van der Waals surface area (Å²) in [7, 11) is -2.23. The maximum absolute atomic E-state index is 12.4. The molecule has 0 radical (unpaired) electrons. The van der Waals surface area contributed by atoms with Gasteiger partial charge >= 0.3 is 5.97 Å². The summed E-state index contributed by atoms with van der Waals surface area (Å²) in [6.07, 6.45) is 0.997. The van der Waals surface area contributed by atoms with E-state index in [4.69, 9.17) is 0 Å². The van der Waals surface area contributed by atoms with E-state index in [1.807, 2.05) is 0 Å². The number of aromatic nitrogens is 2. The van der Waals surface area contributed by atoms with Crippen molar-refractivity contribution >= 4 is 55.8 Å². The Balaban J connectivity index is 2.08. The molecule has 1 amide bonds. The number of hydrogen-bond donors (Lipinski definition) is 2.